The van der Waals surface area contributed by atoms with E-state index in [1.165, 1.54) is 6.07 Å². The third kappa shape index (κ3) is 1.68. The van der Waals surface area contributed by atoms with Gasteiger partial charge in [-0.15, -0.1) is 0 Å². The van der Waals surface area contributed by atoms with Crippen LogP contribution in [0, 0.1) is 0 Å². The number of nitrogens with one attached hydrogen (secondary N) is 1. The second-order valence-electron chi connectivity index (χ2n) is 3.15. The number of aromatic amines is 1. The van der Waals surface area contributed by atoms with Gasteiger partial charge < -0.3 is 5.73 Å². The summed E-state index contributed by atoms with van der Waals surface area (Å²) < 4.78 is 37.4. The number of H-pyrrole nitrogens is 1. The Morgan fingerprint density at radius 1 is 1.33 bits per heavy atom. The number of alkyl halides is 3. The SMILES string of the molecule is NCc1ccc2[nH]nc(C(F)(F)F)c2c1. The first-order valence-electron chi connectivity index (χ1n) is 4.26. The molecule has 0 saturated carbocycles. The fourth-order valence-corrected chi connectivity index (χ4v) is 1.40. The summed E-state index contributed by atoms with van der Waals surface area (Å²) in [4.78, 5) is 0. The van der Waals surface area contributed by atoms with Crippen molar-refractivity contribution in [2.75, 3.05) is 0 Å². The zero-order valence-electron chi connectivity index (χ0n) is 7.60. The Morgan fingerprint density at radius 3 is 2.67 bits per heavy atom. The van der Waals surface area contributed by atoms with Crippen LogP contribution in [0.4, 0.5) is 13.2 Å². The maximum Gasteiger partial charge on any atom is 0.435 e. The molecule has 0 aliphatic rings. The van der Waals surface area contributed by atoms with Gasteiger partial charge in [0.05, 0.1) is 5.52 Å². The van der Waals surface area contributed by atoms with Gasteiger partial charge in [-0.25, -0.2) is 0 Å². The standard InChI is InChI=1S/C9H8F3N3/c10-9(11,12)8-6-3-5(4-13)1-2-7(6)14-15-8/h1-3H,4,13H2,(H,14,15). The lowest BCUT2D eigenvalue weighted by molar-refractivity contribution is -0.139. The largest absolute Gasteiger partial charge is 0.435 e. The van der Waals surface area contributed by atoms with E-state index in [-0.39, 0.29) is 11.9 Å². The second-order valence-corrected chi connectivity index (χ2v) is 3.15. The van der Waals surface area contributed by atoms with Crippen molar-refractivity contribution >= 4 is 10.9 Å². The van der Waals surface area contributed by atoms with Crippen LogP contribution >= 0.6 is 0 Å². The highest BCUT2D eigenvalue weighted by atomic mass is 19.4. The molecule has 3 nitrogen and oxygen atoms in total. The summed E-state index contributed by atoms with van der Waals surface area (Å²) in [5.41, 5.74) is 5.47. The molecule has 1 aromatic carbocycles. The van der Waals surface area contributed by atoms with Gasteiger partial charge in [0.1, 0.15) is 0 Å². The van der Waals surface area contributed by atoms with E-state index in [1.807, 2.05) is 0 Å². The summed E-state index contributed by atoms with van der Waals surface area (Å²) >= 11 is 0. The lowest BCUT2D eigenvalue weighted by Crippen LogP contribution is -2.06. The minimum absolute atomic E-state index is 0.0606. The monoisotopic (exact) mass is 215 g/mol. The van der Waals surface area contributed by atoms with Crippen LogP contribution in [-0.4, -0.2) is 10.2 Å². The molecule has 0 radical (unpaired) electrons. The summed E-state index contributed by atoms with van der Waals surface area (Å²) in [6.45, 7) is 0.207. The van der Waals surface area contributed by atoms with E-state index in [9.17, 15) is 13.2 Å². The number of hydrogen-bond acceptors (Lipinski definition) is 2. The smallest absolute Gasteiger partial charge is 0.326 e. The van der Waals surface area contributed by atoms with Gasteiger partial charge in [0.2, 0.25) is 0 Å². The van der Waals surface area contributed by atoms with Crippen LogP contribution in [0.2, 0.25) is 0 Å². The minimum atomic E-state index is -4.44. The second kappa shape index (κ2) is 3.23. The number of rotatable bonds is 1. The number of benzene rings is 1. The molecule has 0 aliphatic heterocycles. The third-order valence-electron chi connectivity index (χ3n) is 2.13. The van der Waals surface area contributed by atoms with E-state index in [0.717, 1.165) is 0 Å². The molecule has 6 heteroatoms. The zero-order valence-corrected chi connectivity index (χ0v) is 7.60. The molecule has 0 spiro atoms. The quantitative estimate of drug-likeness (QED) is 0.764. The molecule has 0 fully saturated rings. The van der Waals surface area contributed by atoms with Crippen molar-refractivity contribution in [3.8, 4) is 0 Å². The summed E-state index contributed by atoms with van der Waals surface area (Å²) in [5.74, 6) is 0. The Hall–Kier alpha value is -1.56. The Morgan fingerprint density at radius 2 is 2.07 bits per heavy atom. The number of hydrogen-bond donors (Lipinski definition) is 2. The van der Waals surface area contributed by atoms with Crippen molar-refractivity contribution in [1.82, 2.24) is 10.2 Å². The Labute approximate surface area is 83.1 Å². The van der Waals surface area contributed by atoms with E-state index >= 15 is 0 Å². The van der Waals surface area contributed by atoms with Gasteiger partial charge >= 0.3 is 6.18 Å². The molecule has 2 rings (SSSR count). The summed E-state index contributed by atoms with van der Waals surface area (Å²) in [6.07, 6.45) is -4.44. The van der Waals surface area contributed by atoms with Gasteiger partial charge in [0.25, 0.3) is 0 Å². The normalized spacial score (nSPS) is 12.3. The Balaban J connectivity index is 2.67. The van der Waals surface area contributed by atoms with Crippen molar-refractivity contribution in [2.24, 2.45) is 5.73 Å². The number of fused-ring (bicyclic) bond motifs is 1. The van der Waals surface area contributed by atoms with Crippen LogP contribution in [0.5, 0.6) is 0 Å². The van der Waals surface area contributed by atoms with Crippen LogP contribution in [0.15, 0.2) is 18.2 Å². The Bertz CT molecular complexity index is 487. The fraction of sp³-hybridized carbons (Fsp3) is 0.222. The van der Waals surface area contributed by atoms with Gasteiger partial charge in [0.15, 0.2) is 5.69 Å². The first-order valence-corrected chi connectivity index (χ1v) is 4.26. The lowest BCUT2D eigenvalue weighted by atomic mass is 10.1. The number of halogens is 3. The topological polar surface area (TPSA) is 54.7 Å². The van der Waals surface area contributed by atoms with Crippen molar-refractivity contribution in [1.29, 1.82) is 0 Å². The highest BCUT2D eigenvalue weighted by Crippen LogP contribution is 2.33. The van der Waals surface area contributed by atoms with Crippen LogP contribution in [0.25, 0.3) is 10.9 Å². The predicted octanol–water partition coefficient (Wildman–Crippen LogP) is 2.04. The summed E-state index contributed by atoms with van der Waals surface area (Å²) in [7, 11) is 0. The molecule has 0 saturated heterocycles. The van der Waals surface area contributed by atoms with Crippen molar-refractivity contribution < 1.29 is 13.2 Å². The Kier molecular flexibility index (Phi) is 2.15. The first kappa shape index (κ1) is 9.97. The zero-order chi connectivity index (χ0) is 11.1. The molecule has 0 amide bonds. The average molecular weight is 215 g/mol. The number of nitrogens with two attached hydrogens (primary N) is 1. The number of nitrogens with zero attached hydrogens (tertiary/aromatic N) is 1. The van der Waals surface area contributed by atoms with E-state index in [2.05, 4.69) is 10.2 Å². The van der Waals surface area contributed by atoms with E-state index in [1.54, 1.807) is 12.1 Å². The molecule has 0 bridgehead atoms. The molecule has 1 heterocycles. The van der Waals surface area contributed by atoms with Crippen molar-refractivity contribution in [2.45, 2.75) is 12.7 Å². The van der Waals surface area contributed by atoms with Crippen LogP contribution in [0.1, 0.15) is 11.3 Å². The molecular weight excluding hydrogens is 207 g/mol. The van der Waals surface area contributed by atoms with Gasteiger partial charge in [-0.3, -0.25) is 5.10 Å². The van der Waals surface area contributed by atoms with E-state index < -0.39 is 11.9 Å². The molecule has 0 atom stereocenters. The predicted molar refractivity (Wildman–Crippen MR) is 49.0 cm³/mol. The third-order valence-corrected chi connectivity index (χ3v) is 2.13. The molecule has 0 aliphatic carbocycles. The van der Waals surface area contributed by atoms with Gasteiger partial charge in [0, 0.05) is 11.9 Å². The van der Waals surface area contributed by atoms with Crippen LogP contribution < -0.4 is 5.73 Å². The summed E-state index contributed by atoms with van der Waals surface area (Å²) in [5, 5.41) is 5.65. The van der Waals surface area contributed by atoms with E-state index in [0.29, 0.717) is 11.1 Å². The van der Waals surface area contributed by atoms with Gasteiger partial charge in [-0.1, -0.05) is 6.07 Å². The van der Waals surface area contributed by atoms with Crippen LogP contribution in [0.3, 0.4) is 0 Å². The fourth-order valence-electron chi connectivity index (χ4n) is 1.40. The molecule has 15 heavy (non-hydrogen) atoms. The highest BCUT2D eigenvalue weighted by Gasteiger charge is 2.35. The molecular formula is C9H8F3N3. The molecule has 0 unspecified atom stereocenters. The maximum absolute atomic E-state index is 12.5. The molecule has 3 N–H and O–H groups in total. The van der Waals surface area contributed by atoms with Crippen LogP contribution in [-0.2, 0) is 12.7 Å². The van der Waals surface area contributed by atoms with Gasteiger partial charge in [-0.2, -0.15) is 18.3 Å². The van der Waals surface area contributed by atoms with Crippen molar-refractivity contribution in [3.63, 3.8) is 0 Å². The summed E-state index contributed by atoms with van der Waals surface area (Å²) in [6, 6.07) is 4.61. The van der Waals surface area contributed by atoms with Crippen molar-refractivity contribution in [3.05, 3.63) is 29.5 Å². The molecule has 2 aromatic rings. The average Bonchev–Trinajstić information content (AvgIpc) is 2.59. The van der Waals surface area contributed by atoms with E-state index in [4.69, 9.17) is 5.73 Å². The van der Waals surface area contributed by atoms with Gasteiger partial charge in [-0.05, 0) is 17.7 Å². The minimum Gasteiger partial charge on any atom is -0.326 e. The lowest BCUT2D eigenvalue weighted by Gasteiger charge is -2.02. The highest BCUT2D eigenvalue weighted by molar-refractivity contribution is 5.82. The number of aromatic nitrogens is 2. The first-order chi connectivity index (χ1) is 7.02. The molecule has 1 aromatic heterocycles. The maximum atomic E-state index is 12.5. The molecule has 80 valence electrons.